The molecule has 296 valence electrons. The molecular formula is C45H52N8O4. The van der Waals surface area contributed by atoms with Gasteiger partial charge in [0.1, 0.15) is 17.7 Å². The Hall–Kier alpha value is -5.75. The van der Waals surface area contributed by atoms with Gasteiger partial charge in [-0.3, -0.25) is 14.5 Å². The molecule has 4 heterocycles. The van der Waals surface area contributed by atoms with Crippen LogP contribution < -0.4 is 5.32 Å². The second kappa shape index (κ2) is 16.8. The van der Waals surface area contributed by atoms with E-state index in [2.05, 4.69) is 94.7 Å². The van der Waals surface area contributed by atoms with E-state index >= 15 is 0 Å². The number of aromatic nitrogens is 4. The fourth-order valence-corrected chi connectivity index (χ4v) is 9.26. The van der Waals surface area contributed by atoms with E-state index in [1.807, 2.05) is 40.4 Å². The zero-order valence-electron chi connectivity index (χ0n) is 32.7. The maximum atomic E-state index is 14.2. The molecule has 3 aromatic carbocycles. The maximum Gasteiger partial charge on any atom is 0.404 e. The minimum Gasteiger partial charge on any atom is -0.465 e. The molecule has 2 saturated heterocycles. The smallest absolute Gasteiger partial charge is 0.404 e. The van der Waals surface area contributed by atoms with E-state index in [0.29, 0.717) is 25.8 Å². The molecule has 12 heteroatoms. The Bertz CT molecular complexity index is 2160. The molecule has 0 radical (unpaired) electrons. The van der Waals surface area contributed by atoms with Crippen molar-refractivity contribution in [2.24, 2.45) is 5.92 Å². The van der Waals surface area contributed by atoms with Gasteiger partial charge in [0.2, 0.25) is 11.8 Å². The van der Waals surface area contributed by atoms with E-state index in [1.54, 1.807) is 0 Å². The van der Waals surface area contributed by atoms with Crippen molar-refractivity contribution < 1.29 is 19.5 Å². The number of hydrogen-bond acceptors (Lipinski definition) is 6. The van der Waals surface area contributed by atoms with Gasteiger partial charge < -0.3 is 30.2 Å². The number of nitrogens with zero attached hydrogens (tertiary/aromatic N) is 5. The van der Waals surface area contributed by atoms with Crippen LogP contribution in [0.2, 0.25) is 0 Å². The SMILES string of the molecule is CCN(CC)C(C(=O)N1CCCC1c1ncc(-c2ccc(-c3ccc(-c4cnc([C@@H]5CCCN5C(=O)[C@@H]5CC[C@H](NC(=O)O)C5)[nH]4)cc3)cc2)[nH]1)c1ccccc1. The van der Waals surface area contributed by atoms with Crippen molar-refractivity contribution >= 4 is 17.9 Å². The third kappa shape index (κ3) is 7.96. The standard InChI is InChI=1S/C45H52N8O4/c1-3-51(4-2)40(33-10-6-5-7-11-33)44(55)53-25-9-13-39(53)42-47-28-37(50-42)32-20-16-30(17-21-32)29-14-18-31(19-15-29)36-27-46-41(49-36)38-12-8-24-52(38)43(54)34-22-23-35(26-34)48-45(56)57/h5-7,10-11,14-21,27-28,34-35,38-40,48H,3-4,8-9,12-13,22-26H2,1-2H3,(H,46,49)(H,47,50)(H,56,57)/t34-,35+,38+,39?,40?/m1/s1. The number of likely N-dealkylation sites (tertiary alicyclic amines) is 2. The van der Waals surface area contributed by atoms with Crippen LogP contribution in [0.3, 0.4) is 0 Å². The topological polar surface area (TPSA) is 151 Å². The number of nitrogens with one attached hydrogen (secondary N) is 3. The van der Waals surface area contributed by atoms with Crippen molar-refractivity contribution in [2.45, 2.75) is 83.0 Å². The fourth-order valence-electron chi connectivity index (χ4n) is 9.26. The van der Waals surface area contributed by atoms with Crippen molar-refractivity contribution in [2.75, 3.05) is 26.2 Å². The first-order valence-corrected chi connectivity index (χ1v) is 20.5. The predicted octanol–water partition coefficient (Wildman–Crippen LogP) is 7.98. The number of carbonyl (C=O) groups is 3. The minimum atomic E-state index is -1.04. The summed E-state index contributed by atoms with van der Waals surface area (Å²) in [4.78, 5) is 61.6. The van der Waals surface area contributed by atoms with Gasteiger partial charge in [-0.2, -0.15) is 0 Å². The number of aromatic amines is 2. The number of H-pyrrole nitrogens is 2. The largest absolute Gasteiger partial charge is 0.465 e. The van der Waals surface area contributed by atoms with Gasteiger partial charge in [-0.1, -0.05) is 92.7 Å². The van der Waals surface area contributed by atoms with Crippen LogP contribution in [0.1, 0.15) is 94.1 Å². The molecule has 12 nitrogen and oxygen atoms in total. The quantitative estimate of drug-likeness (QED) is 0.101. The number of rotatable bonds is 12. The van der Waals surface area contributed by atoms with Crippen molar-refractivity contribution in [1.82, 2.24) is 40.0 Å². The number of benzene rings is 3. The van der Waals surface area contributed by atoms with Crippen molar-refractivity contribution in [3.05, 3.63) is 108 Å². The summed E-state index contributed by atoms with van der Waals surface area (Å²) >= 11 is 0. The molecule has 0 spiro atoms. The van der Waals surface area contributed by atoms with E-state index in [4.69, 9.17) is 15.1 Å². The Morgan fingerprint density at radius 1 is 0.737 bits per heavy atom. The molecule has 57 heavy (non-hydrogen) atoms. The van der Waals surface area contributed by atoms with Gasteiger partial charge in [0.25, 0.3) is 0 Å². The van der Waals surface area contributed by atoms with E-state index in [9.17, 15) is 14.4 Å². The highest BCUT2D eigenvalue weighted by molar-refractivity contribution is 5.84. The highest BCUT2D eigenvalue weighted by Gasteiger charge is 2.40. The zero-order chi connectivity index (χ0) is 39.5. The molecule has 1 saturated carbocycles. The summed E-state index contributed by atoms with van der Waals surface area (Å²) in [5.41, 5.74) is 7.09. The van der Waals surface area contributed by atoms with Crippen LogP contribution in [-0.4, -0.2) is 89.9 Å². The Morgan fingerprint density at radius 2 is 1.26 bits per heavy atom. The number of carboxylic acid groups (broad SMARTS) is 1. The van der Waals surface area contributed by atoms with E-state index in [1.165, 1.54) is 0 Å². The first-order valence-electron chi connectivity index (χ1n) is 20.5. The highest BCUT2D eigenvalue weighted by Crippen LogP contribution is 2.38. The first-order chi connectivity index (χ1) is 27.8. The molecule has 2 unspecified atom stereocenters. The lowest BCUT2D eigenvalue weighted by Crippen LogP contribution is -2.43. The molecule has 0 bridgehead atoms. The molecule has 3 aliphatic rings. The van der Waals surface area contributed by atoms with Crippen LogP contribution >= 0.6 is 0 Å². The zero-order valence-corrected chi connectivity index (χ0v) is 32.7. The van der Waals surface area contributed by atoms with Gasteiger partial charge >= 0.3 is 6.09 Å². The molecule has 5 aromatic rings. The predicted molar refractivity (Wildman–Crippen MR) is 219 cm³/mol. The molecular weight excluding hydrogens is 717 g/mol. The number of imidazole rings is 2. The van der Waals surface area contributed by atoms with Gasteiger partial charge in [0.15, 0.2) is 0 Å². The van der Waals surface area contributed by atoms with Gasteiger partial charge in [-0.15, -0.1) is 0 Å². The average molecular weight is 769 g/mol. The summed E-state index contributed by atoms with van der Waals surface area (Å²) in [6.45, 7) is 7.22. The van der Waals surface area contributed by atoms with Gasteiger partial charge in [-0.25, -0.2) is 14.8 Å². The molecule has 8 rings (SSSR count). The summed E-state index contributed by atoms with van der Waals surface area (Å²) in [6.07, 6.45) is 8.21. The van der Waals surface area contributed by atoms with Crippen LogP contribution in [0.25, 0.3) is 33.6 Å². The second-order valence-corrected chi connectivity index (χ2v) is 15.6. The first kappa shape index (κ1) is 38.1. The van der Waals surface area contributed by atoms with Crippen molar-refractivity contribution in [3.8, 4) is 33.6 Å². The molecule has 5 atom stereocenters. The fraction of sp³-hybridized carbons (Fsp3) is 0.400. The average Bonchev–Trinajstić information content (AvgIpc) is 4.09. The van der Waals surface area contributed by atoms with Crippen LogP contribution in [-0.2, 0) is 9.59 Å². The summed E-state index contributed by atoms with van der Waals surface area (Å²) < 4.78 is 0. The summed E-state index contributed by atoms with van der Waals surface area (Å²) in [6, 6.07) is 26.3. The molecule has 2 aliphatic heterocycles. The van der Waals surface area contributed by atoms with Crippen LogP contribution in [0.15, 0.2) is 91.3 Å². The van der Waals surface area contributed by atoms with Crippen molar-refractivity contribution in [1.29, 1.82) is 0 Å². The lowest BCUT2D eigenvalue weighted by Gasteiger charge is -2.34. The van der Waals surface area contributed by atoms with Crippen LogP contribution in [0.5, 0.6) is 0 Å². The van der Waals surface area contributed by atoms with Crippen LogP contribution in [0, 0.1) is 5.92 Å². The summed E-state index contributed by atoms with van der Waals surface area (Å²) in [5, 5.41) is 11.6. The molecule has 3 amide bonds. The van der Waals surface area contributed by atoms with Crippen molar-refractivity contribution in [3.63, 3.8) is 0 Å². The van der Waals surface area contributed by atoms with Gasteiger partial charge in [0.05, 0.1) is 35.9 Å². The molecule has 4 N–H and O–H groups in total. The number of hydrogen-bond donors (Lipinski definition) is 4. The minimum absolute atomic E-state index is 0.0916. The highest BCUT2D eigenvalue weighted by atomic mass is 16.4. The second-order valence-electron chi connectivity index (χ2n) is 15.6. The molecule has 1 aliphatic carbocycles. The Labute approximate surface area is 333 Å². The Kier molecular flexibility index (Phi) is 11.2. The Morgan fingerprint density at radius 3 is 1.81 bits per heavy atom. The normalized spacial score (nSPS) is 21.3. The number of carbonyl (C=O) groups excluding carboxylic acids is 2. The molecule has 2 aromatic heterocycles. The lowest BCUT2D eigenvalue weighted by molar-refractivity contribution is -0.138. The lowest BCUT2D eigenvalue weighted by atomic mass is 10.0. The van der Waals surface area contributed by atoms with E-state index in [-0.39, 0.29) is 41.9 Å². The Balaban J connectivity index is 0.913. The maximum absolute atomic E-state index is 14.2. The monoisotopic (exact) mass is 768 g/mol. The number of likely N-dealkylation sites (N-methyl/N-ethyl adjacent to an activating group) is 1. The summed E-state index contributed by atoms with van der Waals surface area (Å²) in [7, 11) is 0. The van der Waals surface area contributed by atoms with Gasteiger partial charge in [0, 0.05) is 25.0 Å². The third-order valence-electron chi connectivity index (χ3n) is 12.3. The van der Waals surface area contributed by atoms with Gasteiger partial charge in [-0.05, 0) is 85.9 Å². The van der Waals surface area contributed by atoms with E-state index in [0.717, 1.165) is 96.2 Å². The summed E-state index contributed by atoms with van der Waals surface area (Å²) in [5.74, 6) is 1.69. The molecule has 3 fully saturated rings. The third-order valence-corrected chi connectivity index (χ3v) is 12.3. The number of amides is 3. The van der Waals surface area contributed by atoms with E-state index < -0.39 is 6.09 Å². The van der Waals surface area contributed by atoms with Crippen LogP contribution in [0.4, 0.5) is 4.79 Å².